The predicted octanol–water partition coefficient (Wildman–Crippen LogP) is 1.49. The molecular formula is C23H46N20. The average molecular weight is 603 g/mol. The summed E-state index contributed by atoms with van der Waals surface area (Å²) >= 11 is 0. The quantitative estimate of drug-likeness (QED) is 0.0349. The number of nitrogen functional groups attached to an aromatic ring is 1. The van der Waals surface area contributed by atoms with Crippen molar-refractivity contribution in [3.05, 3.63) is 0 Å². The minimum absolute atomic E-state index is 0.0182. The van der Waals surface area contributed by atoms with Crippen LogP contribution in [0.1, 0.15) is 74.1 Å². The Hall–Kier alpha value is -4.88. The number of hydrazone groups is 1. The van der Waals surface area contributed by atoms with Crippen molar-refractivity contribution in [1.82, 2.24) is 29.9 Å². The summed E-state index contributed by atoms with van der Waals surface area (Å²) in [5, 5.41) is 39.2. The predicted molar refractivity (Wildman–Crippen MR) is 168 cm³/mol. The van der Waals surface area contributed by atoms with E-state index in [1.165, 1.54) is 5.01 Å². The van der Waals surface area contributed by atoms with Gasteiger partial charge in [0.1, 0.15) is 5.84 Å². The molecule has 0 aliphatic rings. The summed E-state index contributed by atoms with van der Waals surface area (Å²) in [6.07, 6.45) is 2.78. The molecule has 0 fully saturated rings. The van der Waals surface area contributed by atoms with Crippen LogP contribution in [0.2, 0.25) is 0 Å². The molecule has 43 heavy (non-hydrogen) atoms. The van der Waals surface area contributed by atoms with Crippen LogP contribution in [0.25, 0.3) is 0 Å². The topological polar surface area (TPSA) is 318 Å². The van der Waals surface area contributed by atoms with E-state index in [2.05, 4.69) is 78.8 Å². The molecule has 1 unspecified atom stereocenters. The second kappa shape index (κ2) is 14.8. The smallest absolute Gasteiger partial charge is 0.282 e. The Bertz CT molecular complexity index is 1310. The molecule has 0 radical (unpaired) electrons. The lowest BCUT2D eigenvalue weighted by Gasteiger charge is -2.30. The third kappa shape index (κ3) is 9.31. The number of hydrogen-bond donors (Lipinski definition) is 9. The number of nitrogens with one attached hydrogen (secondary N) is 4. The van der Waals surface area contributed by atoms with Crippen LogP contribution in [0.4, 0.5) is 23.8 Å². The van der Waals surface area contributed by atoms with Crippen LogP contribution in [-0.2, 0) is 0 Å². The zero-order valence-corrected chi connectivity index (χ0v) is 25.9. The van der Waals surface area contributed by atoms with Gasteiger partial charge in [0.15, 0.2) is 0 Å². The Labute approximate surface area is 250 Å². The van der Waals surface area contributed by atoms with Gasteiger partial charge in [-0.25, -0.2) is 16.0 Å². The molecule has 20 nitrogen and oxygen atoms in total. The van der Waals surface area contributed by atoms with Gasteiger partial charge < -0.3 is 28.3 Å². The first-order chi connectivity index (χ1) is 20.1. The first kappa shape index (κ1) is 34.3. The molecule has 0 amide bonds. The second-order valence-corrected chi connectivity index (χ2v) is 11.2. The standard InChI is InChI=1S/C23H46N20/c1-12(2)14(5)41(40-29)22-32-18(27)42(39-22)19(28)35-34-17(26)31-20-33-21(37-36-20)43(30)38-16(25)11-9-8-10-15(24)23(6,7)13(3)4/h12-14,24,29H,8-11,30H2,1-7H3,(H2,25,38)(H2,28,35)(H2,27,32,39)(H4,26,31,33,34,36,37). The van der Waals surface area contributed by atoms with Crippen LogP contribution in [0, 0.1) is 28.2 Å². The summed E-state index contributed by atoms with van der Waals surface area (Å²) < 4.78 is 1.04. The number of unbranched alkanes of at least 4 members (excludes halogenated alkanes) is 1. The number of H-pyrrole nitrogens is 1. The summed E-state index contributed by atoms with van der Waals surface area (Å²) in [4.78, 5) is 8.24. The monoisotopic (exact) mass is 602 g/mol. The molecule has 238 valence electrons. The van der Waals surface area contributed by atoms with E-state index in [1.807, 2.05) is 20.8 Å². The average Bonchev–Trinajstić information content (AvgIpc) is 3.56. The SMILES string of the molecule is CC(C)C(C)N(N=N)c1nc(N)n(/C(N)=N/N=C(\N)Nc2nc(N(N)/N=C(\N)CCCCC(=N)C(C)(C)C(C)C)n[nH]2)n1. The van der Waals surface area contributed by atoms with E-state index in [1.54, 1.807) is 0 Å². The minimum Gasteiger partial charge on any atom is -0.386 e. The van der Waals surface area contributed by atoms with Crippen molar-refractivity contribution in [2.45, 2.75) is 80.2 Å². The van der Waals surface area contributed by atoms with Crippen molar-refractivity contribution in [2.75, 3.05) is 21.2 Å². The second-order valence-electron chi connectivity index (χ2n) is 11.2. The van der Waals surface area contributed by atoms with Crippen LogP contribution >= 0.6 is 0 Å². The highest BCUT2D eigenvalue weighted by Crippen LogP contribution is 2.29. The maximum absolute atomic E-state index is 8.36. The maximum Gasteiger partial charge on any atom is 0.282 e. The van der Waals surface area contributed by atoms with Crippen LogP contribution in [-0.4, -0.2) is 59.5 Å². The maximum atomic E-state index is 8.36. The summed E-state index contributed by atoms with van der Waals surface area (Å²) in [6.45, 7) is 14.3. The van der Waals surface area contributed by atoms with E-state index < -0.39 is 0 Å². The van der Waals surface area contributed by atoms with E-state index in [-0.39, 0.29) is 53.1 Å². The van der Waals surface area contributed by atoms with Gasteiger partial charge in [-0.3, -0.25) is 5.32 Å². The molecule has 0 spiro atoms. The van der Waals surface area contributed by atoms with E-state index in [4.69, 9.17) is 39.7 Å². The number of amidine groups is 1. The van der Waals surface area contributed by atoms with Gasteiger partial charge in [-0.1, -0.05) is 46.8 Å². The number of aromatic amines is 1. The highest BCUT2D eigenvalue weighted by atomic mass is 15.7. The lowest BCUT2D eigenvalue weighted by molar-refractivity contribution is 0.356. The van der Waals surface area contributed by atoms with Crippen molar-refractivity contribution in [3.8, 4) is 0 Å². The van der Waals surface area contributed by atoms with Crippen molar-refractivity contribution < 1.29 is 0 Å². The van der Waals surface area contributed by atoms with Crippen molar-refractivity contribution in [1.29, 1.82) is 10.9 Å². The number of anilines is 4. The molecule has 0 bridgehead atoms. The Morgan fingerprint density at radius 1 is 1.05 bits per heavy atom. The van der Waals surface area contributed by atoms with Gasteiger partial charge in [0.05, 0.1) is 6.04 Å². The van der Waals surface area contributed by atoms with Crippen LogP contribution < -0.4 is 44.2 Å². The molecule has 0 saturated heterocycles. The fraction of sp³-hybridized carbons (Fsp3) is 0.652. The van der Waals surface area contributed by atoms with Gasteiger partial charge in [0.2, 0.25) is 23.8 Å². The van der Waals surface area contributed by atoms with Gasteiger partial charge >= 0.3 is 0 Å². The van der Waals surface area contributed by atoms with E-state index in [0.717, 1.165) is 28.4 Å². The lowest BCUT2D eigenvalue weighted by atomic mass is 9.75. The minimum atomic E-state index is -0.236. The number of hydrogen-bond acceptors (Lipinski definition) is 13. The molecule has 2 rings (SSSR count). The van der Waals surface area contributed by atoms with Crippen molar-refractivity contribution >= 4 is 47.3 Å². The number of nitrogens with two attached hydrogens (primary N) is 5. The van der Waals surface area contributed by atoms with Crippen molar-refractivity contribution in [3.63, 3.8) is 0 Å². The van der Waals surface area contributed by atoms with E-state index in [0.29, 0.717) is 24.6 Å². The molecule has 20 heteroatoms. The summed E-state index contributed by atoms with van der Waals surface area (Å²) in [5.74, 6) is 6.47. The van der Waals surface area contributed by atoms with Gasteiger partial charge in [-0.2, -0.15) is 25.3 Å². The molecule has 14 N–H and O–H groups in total. The third-order valence-corrected chi connectivity index (χ3v) is 7.25. The largest absolute Gasteiger partial charge is 0.386 e. The fourth-order valence-electron chi connectivity index (χ4n) is 3.40. The molecule has 0 aliphatic heterocycles. The fourth-order valence-corrected chi connectivity index (χ4v) is 3.40. The highest BCUT2D eigenvalue weighted by Gasteiger charge is 2.27. The molecule has 2 aromatic heterocycles. The number of guanidine groups is 1. The van der Waals surface area contributed by atoms with Crippen LogP contribution in [0.3, 0.4) is 0 Å². The first-order valence-electron chi connectivity index (χ1n) is 13.8. The Kier molecular flexibility index (Phi) is 11.8. The number of nitrogens with zero attached hydrogens (tertiary/aromatic N) is 11. The first-order valence-corrected chi connectivity index (χ1v) is 13.8. The molecule has 1 atom stereocenters. The molecule has 0 saturated carbocycles. The summed E-state index contributed by atoms with van der Waals surface area (Å²) in [7, 11) is 0. The Morgan fingerprint density at radius 2 is 1.70 bits per heavy atom. The lowest BCUT2D eigenvalue weighted by Crippen LogP contribution is -2.33. The highest BCUT2D eigenvalue weighted by molar-refractivity contribution is 5.91. The van der Waals surface area contributed by atoms with Crippen molar-refractivity contribution in [2.24, 2.45) is 60.8 Å². The Balaban J connectivity index is 1.96. The third-order valence-electron chi connectivity index (χ3n) is 7.25. The number of rotatable bonds is 15. The van der Waals surface area contributed by atoms with Crippen LogP contribution in [0.15, 0.2) is 20.5 Å². The summed E-state index contributed by atoms with van der Waals surface area (Å²) in [6, 6.07) is -0.171. The van der Waals surface area contributed by atoms with Gasteiger partial charge in [-0.05, 0) is 38.0 Å². The van der Waals surface area contributed by atoms with Crippen LogP contribution in [0.5, 0.6) is 0 Å². The number of aromatic nitrogens is 6. The molecule has 0 aliphatic carbocycles. The van der Waals surface area contributed by atoms with Gasteiger partial charge in [-0.15, -0.1) is 25.5 Å². The summed E-state index contributed by atoms with van der Waals surface area (Å²) in [5.41, 5.74) is 31.8. The molecule has 0 aromatic carbocycles. The number of hydrazine groups is 1. The Morgan fingerprint density at radius 3 is 2.30 bits per heavy atom. The molecular weight excluding hydrogens is 556 g/mol. The van der Waals surface area contributed by atoms with E-state index in [9.17, 15) is 0 Å². The zero-order chi connectivity index (χ0) is 32.5. The normalized spacial score (nSPS) is 13.9. The molecule has 2 heterocycles. The van der Waals surface area contributed by atoms with Gasteiger partial charge in [0, 0.05) is 17.5 Å². The zero-order valence-electron chi connectivity index (χ0n) is 25.9. The van der Waals surface area contributed by atoms with Gasteiger partial charge in [0.25, 0.3) is 11.9 Å². The molecule has 2 aromatic rings. The van der Waals surface area contributed by atoms with E-state index >= 15 is 0 Å².